The molecular formula is C16H21N3O4S. The highest BCUT2D eigenvalue weighted by Gasteiger charge is 2.40. The molecule has 2 saturated heterocycles. The molecule has 1 aromatic rings. The largest absolute Gasteiger partial charge is 0.379 e. The molecule has 2 fully saturated rings. The molecule has 0 bridgehead atoms. The molecule has 0 spiro atoms. The fourth-order valence-electron chi connectivity index (χ4n) is 3.24. The summed E-state index contributed by atoms with van der Waals surface area (Å²) in [4.78, 5) is 25.2. The minimum Gasteiger partial charge on any atom is -0.379 e. The van der Waals surface area contributed by atoms with E-state index in [1.807, 2.05) is 11.8 Å². The summed E-state index contributed by atoms with van der Waals surface area (Å²) in [6.45, 7) is 3.78. The third-order valence-electron chi connectivity index (χ3n) is 4.66. The Labute approximate surface area is 144 Å². The highest BCUT2D eigenvalue weighted by molar-refractivity contribution is 7.99. The third kappa shape index (κ3) is 3.71. The molecule has 8 heteroatoms. The second kappa shape index (κ2) is 7.50. The van der Waals surface area contributed by atoms with Crippen molar-refractivity contribution in [1.29, 1.82) is 0 Å². The molecule has 130 valence electrons. The Hall–Kier alpha value is -1.64. The van der Waals surface area contributed by atoms with Crippen LogP contribution in [0.4, 0.5) is 5.69 Å². The van der Waals surface area contributed by atoms with E-state index in [1.165, 1.54) is 18.2 Å². The molecule has 0 saturated carbocycles. The number of ether oxygens (including phenoxy) is 1. The fourth-order valence-corrected chi connectivity index (χ4v) is 4.72. The molecule has 2 heterocycles. The average molecular weight is 351 g/mol. The Kier molecular flexibility index (Phi) is 5.37. The number of non-ortho nitro benzene ring substituents is 1. The minimum atomic E-state index is -0.486. The monoisotopic (exact) mass is 351 g/mol. The first-order valence-corrected chi connectivity index (χ1v) is 9.19. The lowest BCUT2D eigenvalue weighted by atomic mass is 9.95. The maximum Gasteiger partial charge on any atom is 0.270 e. The second-order valence-electron chi connectivity index (χ2n) is 6.12. The molecule has 2 aliphatic heterocycles. The van der Waals surface area contributed by atoms with Crippen LogP contribution in [0.5, 0.6) is 0 Å². The summed E-state index contributed by atoms with van der Waals surface area (Å²) in [5.74, 6) is 1.81. The summed E-state index contributed by atoms with van der Waals surface area (Å²) in [7, 11) is 0. The predicted molar refractivity (Wildman–Crippen MR) is 92.5 cm³/mol. The summed E-state index contributed by atoms with van der Waals surface area (Å²) < 4.78 is 5.44. The van der Waals surface area contributed by atoms with E-state index in [0.29, 0.717) is 12.1 Å². The molecule has 7 nitrogen and oxygen atoms in total. The topological polar surface area (TPSA) is 84.7 Å². The summed E-state index contributed by atoms with van der Waals surface area (Å²) in [5, 5.41) is 13.8. The maximum atomic E-state index is 12.4. The molecule has 1 N–H and O–H groups in total. The van der Waals surface area contributed by atoms with Gasteiger partial charge in [-0.3, -0.25) is 19.8 Å². The lowest BCUT2D eigenvalue weighted by Crippen LogP contribution is -2.59. The fraction of sp³-hybridized carbons (Fsp3) is 0.562. The Morgan fingerprint density at radius 2 is 2.21 bits per heavy atom. The van der Waals surface area contributed by atoms with Crippen LogP contribution in [0.15, 0.2) is 24.3 Å². The number of nitro benzene ring substituents is 1. The van der Waals surface area contributed by atoms with Gasteiger partial charge in [0.15, 0.2) is 0 Å². The predicted octanol–water partition coefficient (Wildman–Crippen LogP) is 1.53. The van der Waals surface area contributed by atoms with Crippen molar-refractivity contribution in [3.63, 3.8) is 0 Å². The number of hydrogen-bond acceptors (Lipinski definition) is 6. The van der Waals surface area contributed by atoms with Gasteiger partial charge in [-0.1, -0.05) is 6.07 Å². The molecule has 0 radical (unpaired) electrons. The van der Waals surface area contributed by atoms with Crippen molar-refractivity contribution >= 4 is 23.4 Å². The van der Waals surface area contributed by atoms with Gasteiger partial charge < -0.3 is 10.1 Å². The molecule has 2 aliphatic rings. The quantitative estimate of drug-likeness (QED) is 0.640. The summed E-state index contributed by atoms with van der Waals surface area (Å²) >= 11 is 1.91. The Morgan fingerprint density at radius 3 is 2.88 bits per heavy atom. The normalized spacial score (nSPS) is 24.7. The Morgan fingerprint density at radius 1 is 1.42 bits per heavy atom. The van der Waals surface area contributed by atoms with E-state index < -0.39 is 4.92 Å². The van der Waals surface area contributed by atoms with Crippen LogP contribution in [-0.2, 0) is 4.74 Å². The van der Waals surface area contributed by atoms with Crippen LogP contribution >= 0.6 is 11.8 Å². The lowest BCUT2D eigenvalue weighted by Gasteiger charge is -2.43. The molecule has 1 aromatic carbocycles. The number of thioether (sulfide) groups is 1. The first-order valence-electron chi connectivity index (χ1n) is 8.04. The number of carbonyl (C=O) groups is 1. The Bertz CT molecular complexity index is 613. The van der Waals surface area contributed by atoms with Crippen molar-refractivity contribution in [2.24, 2.45) is 0 Å². The SMILES string of the molecule is O=C(NCC1(N2CCOCC2)CCSC1)c1cccc([N+](=O)[O-])c1. The van der Waals surface area contributed by atoms with E-state index in [4.69, 9.17) is 4.74 Å². The molecule has 1 amide bonds. The number of nitro groups is 1. The van der Waals surface area contributed by atoms with Crippen molar-refractivity contribution < 1.29 is 14.5 Å². The zero-order valence-corrected chi connectivity index (χ0v) is 14.2. The van der Waals surface area contributed by atoms with E-state index in [9.17, 15) is 14.9 Å². The van der Waals surface area contributed by atoms with Crippen LogP contribution in [-0.4, -0.2) is 65.6 Å². The van der Waals surface area contributed by atoms with Gasteiger partial charge in [-0.15, -0.1) is 0 Å². The standard InChI is InChI=1S/C16H21N3O4S/c20-15(13-2-1-3-14(10-13)19(21)22)17-11-16(4-9-24-12-16)18-5-7-23-8-6-18/h1-3,10H,4-9,11-12H2,(H,17,20). The van der Waals surface area contributed by atoms with Gasteiger partial charge in [-0.05, 0) is 18.2 Å². The molecule has 24 heavy (non-hydrogen) atoms. The molecule has 0 aromatic heterocycles. The lowest BCUT2D eigenvalue weighted by molar-refractivity contribution is -0.384. The molecule has 0 aliphatic carbocycles. The van der Waals surface area contributed by atoms with Crippen LogP contribution < -0.4 is 5.32 Å². The summed E-state index contributed by atoms with van der Waals surface area (Å²) in [6.07, 6.45) is 1.03. The van der Waals surface area contributed by atoms with Gasteiger partial charge >= 0.3 is 0 Å². The number of morpholine rings is 1. The van der Waals surface area contributed by atoms with E-state index in [1.54, 1.807) is 6.07 Å². The molecular weight excluding hydrogens is 330 g/mol. The van der Waals surface area contributed by atoms with Crippen LogP contribution in [0.1, 0.15) is 16.8 Å². The zero-order chi connectivity index (χ0) is 17.0. The first-order chi connectivity index (χ1) is 11.6. The van der Waals surface area contributed by atoms with E-state index >= 15 is 0 Å². The van der Waals surface area contributed by atoms with Gasteiger partial charge in [0.25, 0.3) is 11.6 Å². The zero-order valence-electron chi connectivity index (χ0n) is 13.4. The minimum absolute atomic E-state index is 0.0369. The van der Waals surface area contributed by atoms with Crippen molar-refractivity contribution in [2.45, 2.75) is 12.0 Å². The van der Waals surface area contributed by atoms with Gasteiger partial charge in [-0.25, -0.2) is 0 Å². The van der Waals surface area contributed by atoms with E-state index in [2.05, 4.69) is 10.2 Å². The first kappa shape index (κ1) is 17.2. The van der Waals surface area contributed by atoms with E-state index in [0.717, 1.165) is 44.2 Å². The second-order valence-corrected chi connectivity index (χ2v) is 7.22. The van der Waals surface area contributed by atoms with Crippen LogP contribution in [0, 0.1) is 10.1 Å². The number of nitrogens with zero attached hydrogens (tertiary/aromatic N) is 2. The molecule has 3 rings (SSSR count). The van der Waals surface area contributed by atoms with Crippen LogP contribution in [0.2, 0.25) is 0 Å². The molecule has 1 atom stereocenters. The van der Waals surface area contributed by atoms with Crippen LogP contribution in [0.3, 0.4) is 0 Å². The van der Waals surface area contributed by atoms with Gasteiger partial charge in [0, 0.05) is 48.6 Å². The number of amides is 1. The van der Waals surface area contributed by atoms with E-state index in [-0.39, 0.29) is 17.1 Å². The Balaban J connectivity index is 1.67. The number of rotatable bonds is 5. The molecule has 1 unspecified atom stereocenters. The maximum absolute atomic E-state index is 12.4. The highest BCUT2D eigenvalue weighted by Crippen LogP contribution is 2.33. The van der Waals surface area contributed by atoms with Gasteiger partial charge in [0.2, 0.25) is 0 Å². The smallest absolute Gasteiger partial charge is 0.270 e. The highest BCUT2D eigenvalue weighted by atomic mass is 32.2. The number of hydrogen-bond donors (Lipinski definition) is 1. The van der Waals surface area contributed by atoms with Gasteiger partial charge in [0.1, 0.15) is 0 Å². The van der Waals surface area contributed by atoms with Crippen LogP contribution in [0.25, 0.3) is 0 Å². The van der Waals surface area contributed by atoms with Gasteiger partial charge in [-0.2, -0.15) is 11.8 Å². The van der Waals surface area contributed by atoms with Gasteiger partial charge in [0.05, 0.1) is 18.1 Å². The van der Waals surface area contributed by atoms with Crippen molar-refractivity contribution in [2.75, 3.05) is 44.4 Å². The van der Waals surface area contributed by atoms with Crippen molar-refractivity contribution in [3.05, 3.63) is 39.9 Å². The number of carbonyl (C=O) groups excluding carboxylic acids is 1. The van der Waals surface area contributed by atoms with Crippen molar-refractivity contribution in [3.8, 4) is 0 Å². The van der Waals surface area contributed by atoms with Crippen molar-refractivity contribution in [1.82, 2.24) is 10.2 Å². The number of nitrogens with one attached hydrogen (secondary N) is 1. The number of benzene rings is 1. The summed E-state index contributed by atoms with van der Waals surface area (Å²) in [6, 6.07) is 5.85. The third-order valence-corrected chi connectivity index (χ3v) is 5.90. The average Bonchev–Trinajstić information content (AvgIpc) is 3.11. The summed E-state index contributed by atoms with van der Waals surface area (Å²) in [5.41, 5.74) is 0.221.